The van der Waals surface area contributed by atoms with Crippen LogP contribution >= 0.6 is 24.8 Å². The average Bonchev–Trinajstić information content (AvgIpc) is 3.14. The maximum absolute atomic E-state index is 14.3. The number of aryl methyl sites for hydroxylation is 1. The summed E-state index contributed by atoms with van der Waals surface area (Å²) in [5.41, 5.74) is 8.56. The van der Waals surface area contributed by atoms with Crippen LogP contribution in [-0.4, -0.2) is 25.2 Å². The fraction of sp³-hybridized carbons (Fsp3) is 0.350. The molecule has 3 rings (SSSR count). The Bertz CT molecular complexity index is 769. The van der Waals surface area contributed by atoms with Crippen LogP contribution in [0.25, 0.3) is 0 Å². The molecule has 0 saturated carbocycles. The molecule has 1 heterocycles. The van der Waals surface area contributed by atoms with E-state index in [0.29, 0.717) is 23.5 Å². The Balaban J connectivity index is 0.00000196. The van der Waals surface area contributed by atoms with Crippen LogP contribution in [0.5, 0.6) is 0 Å². The van der Waals surface area contributed by atoms with Crippen LogP contribution in [0, 0.1) is 12.7 Å². The Hall–Kier alpha value is -1.86. The van der Waals surface area contributed by atoms with Crippen molar-refractivity contribution in [3.05, 3.63) is 59.4 Å². The van der Waals surface area contributed by atoms with Crippen molar-refractivity contribution in [1.82, 2.24) is 0 Å². The molecule has 2 aromatic rings. The maximum atomic E-state index is 14.3. The standard InChI is InChI=1S/C20H24FN3O2.2ClH/c1-13-4-6-14(7-5-13)19(22)20(25)24-15-8-9-18(17(21)11-15)23-12-16-3-2-10-26-16;;/h4-9,11,16,19,23H,2-3,10,12,22H2,1H3,(H,24,25);2*1H. The van der Waals surface area contributed by atoms with Crippen LogP contribution < -0.4 is 16.4 Å². The number of hydrogen-bond donors (Lipinski definition) is 3. The van der Waals surface area contributed by atoms with Crippen molar-refractivity contribution in [3.8, 4) is 0 Å². The second-order valence-electron chi connectivity index (χ2n) is 6.59. The normalized spacial score (nSPS) is 16.5. The first kappa shape index (κ1) is 24.2. The lowest BCUT2D eigenvalue weighted by Crippen LogP contribution is -2.27. The Kier molecular flexibility index (Phi) is 9.69. The number of amides is 1. The van der Waals surface area contributed by atoms with Crippen LogP contribution in [0.1, 0.15) is 30.0 Å². The molecule has 0 radical (unpaired) electrons. The number of nitrogens with two attached hydrogens (primary N) is 1. The van der Waals surface area contributed by atoms with Gasteiger partial charge in [0.2, 0.25) is 5.91 Å². The molecule has 154 valence electrons. The van der Waals surface area contributed by atoms with Gasteiger partial charge in [-0.3, -0.25) is 4.79 Å². The molecule has 28 heavy (non-hydrogen) atoms. The van der Waals surface area contributed by atoms with Gasteiger partial charge in [0.15, 0.2) is 0 Å². The first-order chi connectivity index (χ1) is 12.5. The maximum Gasteiger partial charge on any atom is 0.245 e. The summed E-state index contributed by atoms with van der Waals surface area (Å²) in [7, 11) is 0. The largest absolute Gasteiger partial charge is 0.380 e. The summed E-state index contributed by atoms with van der Waals surface area (Å²) in [6, 6.07) is 11.2. The summed E-state index contributed by atoms with van der Waals surface area (Å²) in [5.74, 6) is -0.807. The minimum absolute atomic E-state index is 0. The summed E-state index contributed by atoms with van der Waals surface area (Å²) in [6.07, 6.45) is 2.15. The predicted octanol–water partition coefficient (Wildman–Crippen LogP) is 4.21. The lowest BCUT2D eigenvalue weighted by Gasteiger charge is -2.15. The number of rotatable bonds is 6. The van der Waals surface area contributed by atoms with Crippen molar-refractivity contribution >= 4 is 42.1 Å². The molecule has 1 saturated heterocycles. The minimum atomic E-state index is -0.809. The summed E-state index contributed by atoms with van der Waals surface area (Å²) >= 11 is 0. The van der Waals surface area contributed by atoms with E-state index in [-0.39, 0.29) is 36.8 Å². The molecular weight excluding hydrogens is 404 g/mol. The zero-order chi connectivity index (χ0) is 18.5. The molecule has 2 atom stereocenters. The third-order valence-electron chi connectivity index (χ3n) is 4.50. The fourth-order valence-corrected chi connectivity index (χ4v) is 2.91. The molecule has 1 aliphatic heterocycles. The number of ether oxygens (including phenoxy) is 1. The summed E-state index contributed by atoms with van der Waals surface area (Å²) in [6.45, 7) is 3.30. The lowest BCUT2D eigenvalue weighted by molar-refractivity contribution is -0.117. The van der Waals surface area contributed by atoms with Crippen molar-refractivity contribution in [2.45, 2.75) is 31.9 Å². The lowest BCUT2D eigenvalue weighted by atomic mass is 10.1. The Morgan fingerprint density at radius 2 is 1.96 bits per heavy atom. The molecule has 0 aliphatic carbocycles. The topological polar surface area (TPSA) is 76.4 Å². The van der Waals surface area contributed by atoms with E-state index >= 15 is 0 Å². The predicted molar refractivity (Wildman–Crippen MR) is 115 cm³/mol. The number of halogens is 3. The minimum Gasteiger partial charge on any atom is -0.380 e. The molecule has 2 unspecified atom stereocenters. The number of hydrogen-bond acceptors (Lipinski definition) is 4. The summed E-state index contributed by atoms with van der Waals surface area (Å²) in [4.78, 5) is 12.3. The number of benzene rings is 2. The fourth-order valence-electron chi connectivity index (χ4n) is 2.91. The highest BCUT2D eigenvalue weighted by Crippen LogP contribution is 2.21. The van der Waals surface area contributed by atoms with Gasteiger partial charge in [-0.25, -0.2) is 4.39 Å². The van der Waals surface area contributed by atoms with Gasteiger partial charge in [-0.05, 0) is 43.5 Å². The van der Waals surface area contributed by atoms with Gasteiger partial charge in [0.25, 0.3) is 0 Å². The van der Waals surface area contributed by atoms with Crippen LogP contribution in [0.2, 0.25) is 0 Å². The zero-order valence-electron chi connectivity index (χ0n) is 15.6. The van der Waals surface area contributed by atoms with Crippen LogP contribution in [0.4, 0.5) is 15.8 Å². The van der Waals surface area contributed by atoms with Gasteiger partial charge in [0.05, 0.1) is 11.8 Å². The van der Waals surface area contributed by atoms with E-state index in [1.54, 1.807) is 12.1 Å². The average molecular weight is 430 g/mol. The van der Waals surface area contributed by atoms with Crippen LogP contribution in [0.3, 0.4) is 0 Å². The molecule has 8 heteroatoms. The van der Waals surface area contributed by atoms with E-state index < -0.39 is 11.9 Å². The van der Waals surface area contributed by atoms with Gasteiger partial charge in [0.1, 0.15) is 11.9 Å². The summed E-state index contributed by atoms with van der Waals surface area (Å²) in [5, 5.41) is 5.72. The molecule has 0 aromatic heterocycles. The molecule has 2 aromatic carbocycles. The quantitative estimate of drug-likeness (QED) is 0.642. The van der Waals surface area contributed by atoms with E-state index in [1.807, 2.05) is 31.2 Å². The van der Waals surface area contributed by atoms with Crippen LogP contribution in [0.15, 0.2) is 42.5 Å². The SMILES string of the molecule is Cc1ccc(C(N)C(=O)Nc2ccc(NCC3CCCO3)c(F)c2)cc1.Cl.Cl. The van der Waals surface area contributed by atoms with Gasteiger partial charge >= 0.3 is 0 Å². The van der Waals surface area contributed by atoms with Gasteiger partial charge < -0.3 is 21.1 Å². The number of nitrogens with one attached hydrogen (secondary N) is 2. The number of anilines is 2. The second-order valence-corrected chi connectivity index (χ2v) is 6.59. The van der Waals surface area contributed by atoms with Gasteiger partial charge in [-0.2, -0.15) is 0 Å². The Labute approximate surface area is 177 Å². The Morgan fingerprint density at radius 1 is 1.25 bits per heavy atom. The van der Waals surface area contributed by atoms with Crippen molar-refractivity contribution in [2.75, 3.05) is 23.8 Å². The molecule has 1 amide bonds. The third-order valence-corrected chi connectivity index (χ3v) is 4.50. The van der Waals surface area contributed by atoms with Crippen LogP contribution in [-0.2, 0) is 9.53 Å². The van der Waals surface area contributed by atoms with Crippen molar-refractivity contribution in [3.63, 3.8) is 0 Å². The third kappa shape index (κ3) is 6.34. The van der Waals surface area contributed by atoms with E-state index in [9.17, 15) is 9.18 Å². The van der Waals surface area contributed by atoms with Crippen molar-refractivity contribution < 1.29 is 13.9 Å². The van der Waals surface area contributed by atoms with Gasteiger partial charge in [0, 0.05) is 18.8 Å². The molecule has 1 aliphatic rings. The molecule has 5 nitrogen and oxygen atoms in total. The van der Waals surface area contributed by atoms with Gasteiger partial charge in [-0.15, -0.1) is 24.8 Å². The highest BCUT2D eigenvalue weighted by molar-refractivity contribution is 5.95. The van der Waals surface area contributed by atoms with Gasteiger partial charge in [-0.1, -0.05) is 29.8 Å². The molecule has 1 fully saturated rings. The van der Waals surface area contributed by atoms with E-state index in [4.69, 9.17) is 10.5 Å². The number of carbonyl (C=O) groups is 1. The number of carbonyl (C=O) groups excluding carboxylic acids is 1. The van der Waals surface area contributed by atoms with Crippen molar-refractivity contribution in [1.29, 1.82) is 0 Å². The molecular formula is C20H26Cl2FN3O2. The second kappa shape index (κ2) is 11.2. The monoisotopic (exact) mass is 429 g/mol. The summed E-state index contributed by atoms with van der Waals surface area (Å²) < 4.78 is 19.8. The Morgan fingerprint density at radius 3 is 2.57 bits per heavy atom. The van der Waals surface area contributed by atoms with E-state index in [2.05, 4.69) is 10.6 Å². The smallest absolute Gasteiger partial charge is 0.245 e. The highest BCUT2D eigenvalue weighted by atomic mass is 35.5. The molecule has 0 spiro atoms. The molecule has 4 N–H and O–H groups in total. The molecule has 0 bridgehead atoms. The first-order valence-electron chi connectivity index (χ1n) is 8.81. The highest BCUT2D eigenvalue weighted by Gasteiger charge is 2.18. The van der Waals surface area contributed by atoms with E-state index in [1.165, 1.54) is 6.07 Å². The first-order valence-corrected chi connectivity index (χ1v) is 8.81. The van der Waals surface area contributed by atoms with Crippen molar-refractivity contribution in [2.24, 2.45) is 5.73 Å². The van der Waals surface area contributed by atoms with E-state index in [0.717, 1.165) is 25.0 Å². The zero-order valence-corrected chi connectivity index (χ0v) is 17.2.